The molecule has 20 heavy (non-hydrogen) atoms. The molecule has 2 aliphatic heterocycles. The number of fused-ring (bicyclic) bond motifs is 1. The van der Waals surface area contributed by atoms with E-state index in [1.807, 2.05) is 11.8 Å². The highest BCUT2D eigenvalue weighted by Crippen LogP contribution is 2.47. The first kappa shape index (κ1) is 13.8. The average Bonchev–Trinajstić information content (AvgIpc) is 2.74. The van der Waals surface area contributed by atoms with E-state index in [1.165, 1.54) is 6.07 Å². The largest absolute Gasteiger partial charge is 0.418 e. The Kier molecular flexibility index (Phi) is 3.44. The first-order valence-corrected chi connectivity index (χ1v) is 7.72. The third-order valence-electron chi connectivity index (χ3n) is 4.01. The van der Waals surface area contributed by atoms with Crippen molar-refractivity contribution in [2.24, 2.45) is 5.92 Å². The molecule has 108 valence electrons. The molecule has 1 amide bonds. The van der Waals surface area contributed by atoms with Gasteiger partial charge in [0.25, 0.3) is 0 Å². The molecule has 6 heteroatoms. The molecule has 1 fully saturated rings. The van der Waals surface area contributed by atoms with Gasteiger partial charge in [0.1, 0.15) is 0 Å². The highest BCUT2D eigenvalue weighted by Gasteiger charge is 2.43. The fraction of sp³-hybridized carbons (Fsp3) is 0.500. The van der Waals surface area contributed by atoms with Crippen molar-refractivity contribution >= 4 is 23.4 Å². The van der Waals surface area contributed by atoms with E-state index in [2.05, 4.69) is 5.32 Å². The van der Waals surface area contributed by atoms with Crippen LogP contribution in [0.25, 0.3) is 0 Å². The smallest absolute Gasteiger partial charge is 0.325 e. The summed E-state index contributed by atoms with van der Waals surface area (Å²) < 4.78 is 39.0. The van der Waals surface area contributed by atoms with Crippen LogP contribution in [-0.4, -0.2) is 17.4 Å². The molecule has 0 aliphatic carbocycles. The summed E-state index contributed by atoms with van der Waals surface area (Å²) in [6, 6.07) is 4.07. The van der Waals surface area contributed by atoms with E-state index in [1.54, 1.807) is 6.07 Å². The Hall–Kier alpha value is -1.17. The van der Waals surface area contributed by atoms with Gasteiger partial charge >= 0.3 is 6.18 Å². The summed E-state index contributed by atoms with van der Waals surface area (Å²) in [5.41, 5.74) is -0.258. The van der Waals surface area contributed by atoms with Crippen LogP contribution in [0.4, 0.5) is 18.9 Å². The zero-order chi connectivity index (χ0) is 14.3. The number of thioether (sulfide) groups is 1. The molecule has 1 atom stereocenters. The van der Waals surface area contributed by atoms with Gasteiger partial charge in [-0.15, -0.1) is 0 Å². The predicted molar refractivity (Wildman–Crippen MR) is 72.9 cm³/mol. The van der Waals surface area contributed by atoms with E-state index in [-0.39, 0.29) is 17.5 Å². The maximum Gasteiger partial charge on any atom is 0.418 e. The predicted octanol–water partition coefficient (Wildman–Crippen LogP) is 3.88. The van der Waals surface area contributed by atoms with E-state index in [0.717, 1.165) is 30.4 Å². The van der Waals surface area contributed by atoms with Crippen LogP contribution >= 0.6 is 11.8 Å². The molecule has 2 heterocycles. The molecule has 0 saturated carbocycles. The first-order chi connectivity index (χ1) is 9.48. The number of nitrogens with one attached hydrogen (secondary N) is 1. The molecule has 0 spiro atoms. The van der Waals surface area contributed by atoms with Crippen LogP contribution in [0.3, 0.4) is 0 Å². The number of amides is 1. The molecule has 1 N–H and O–H groups in total. The monoisotopic (exact) mass is 301 g/mol. The molecule has 0 bridgehead atoms. The molecular formula is C14H14F3NOS. The Labute approximate surface area is 119 Å². The second-order valence-corrected chi connectivity index (χ2v) is 6.41. The number of benzene rings is 1. The summed E-state index contributed by atoms with van der Waals surface area (Å²) in [6.45, 7) is 0. The van der Waals surface area contributed by atoms with E-state index >= 15 is 0 Å². The van der Waals surface area contributed by atoms with Gasteiger partial charge in [0.05, 0.1) is 17.2 Å². The lowest BCUT2D eigenvalue weighted by Crippen LogP contribution is -2.24. The Morgan fingerprint density at radius 2 is 1.90 bits per heavy atom. The lowest BCUT2D eigenvalue weighted by molar-refractivity contribution is -0.136. The topological polar surface area (TPSA) is 29.1 Å². The number of alkyl halides is 3. The van der Waals surface area contributed by atoms with Gasteiger partial charge in [0, 0.05) is 0 Å². The molecule has 1 aromatic carbocycles. The average molecular weight is 301 g/mol. The van der Waals surface area contributed by atoms with Crippen LogP contribution in [-0.2, 0) is 11.0 Å². The Balaban J connectivity index is 2.00. The first-order valence-electron chi connectivity index (χ1n) is 6.57. The molecule has 0 radical (unpaired) electrons. The molecule has 1 unspecified atom stereocenters. The van der Waals surface area contributed by atoms with Crippen LogP contribution in [0, 0.1) is 5.92 Å². The third kappa shape index (κ3) is 2.30. The van der Waals surface area contributed by atoms with E-state index < -0.39 is 17.7 Å². The normalized spacial score (nSPS) is 23.6. The fourth-order valence-corrected chi connectivity index (χ4v) is 4.21. The van der Waals surface area contributed by atoms with E-state index in [4.69, 9.17) is 0 Å². The van der Waals surface area contributed by atoms with Gasteiger partial charge in [-0.2, -0.15) is 24.9 Å². The number of hydrogen-bond acceptors (Lipinski definition) is 2. The number of halogens is 3. The molecule has 0 aromatic heterocycles. The summed E-state index contributed by atoms with van der Waals surface area (Å²) in [5.74, 6) is 1.40. The summed E-state index contributed by atoms with van der Waals surface area (Å²) in [6.07, 6.45) is -2.66. The fourth-order valence-electron chi connectivity index (χ4n) is 3.06. The van der Waals surface area contributed by atoms with Crippen molar-refractivity contribution in [3.05, 3.63) is 29.3 Å². The SMILES string of the molecule is O=C1Nc2c(cccc2C(F)(F)F)C1C1CCSCC1. The van der Waals surface area contributed by atoms with Crippen molar-refractivity contribution in [1.82, 2.24) is 0 Å². The molecule has 2 nitrogen and oxygen atoms in total. The third-order valence-corrected chi connectivity index (χ3v) is 5.05. The lowest BCUT2D eigenvalue weighted by Gasteiger charge is -2.26. The Morgan fingerprint density at radius 3 is 2.55 bits per heavy atom. The number of para-hydroxylation sites is 1. The highest BCUT2D eigenvalue weighted by molar-refractivity contribution is 7.99. The van der Waals surface area contributed by atoms with Crippen LogP contribution in [0.2, 0.25) is 0 Å². The molecule has 1 aromatic rings. The Morgan fingerprint density at radius 1 is 1.20 bits per heavy atom. The van der Waals surface area contributed by atoms with Crippen molar-refractivity contribution in [3.8, 4) is 0 Å². The van der Waals surface area contributed by atoms with Crippen LogP contribution in [0.5, 0.6) is 0 Å². The summed E-state index contributed by atoms with van der Waals surface area (Å²) >= 11 is 1.84. The second-order valence-electron chi connectivity index (χ2n) is 5.18. The second kappa shape index (κ2) is 4.98. The minimum Gasteiger partial charge on any atom is -0.325 e. The quantitative estimate of drug-likeness (QED) is 0.853. The summed E-state index contributed by atoms with van der Waals surface area (Å²) in [4.78, 5) is 12.1. The number of anilines is 1. The minimum atomic E-state index is -4.43. The minimum absolute atomic E-state index is 0.0340. The van der Waals surface area contributed by atoms with Crippen molar-refractivity contribution in [1.29, 1.82) is 0 Å². The zero-order valence-corrected chi connectivity index (χ0v) is 11.5. The molecule has 2 aliphatic rings. The molecular weight excluding hydrogens is 287 g/mol. The van der Waals surface area contributed by atoms with Gasteiger partial charge in [0.2, 0.25) is 5.91 Å². The number of carbonyl (C=O) groups is 1. The van der Waals surface area contributed by atoms with Crippen LogP contribution in [0.1, 0.15) is 29.9 Å². The molecule has 1 saturated heterocycles. The van der Waals surface area contributed by atoms with E-state index in [9.17, 15) is 18.0 Å². The number of rotatable bonds is 1. The van der Waals surface area contributed by atoms with Crippen molar-refractivity contribution in [2.45, 2.75) is 24.9 Å². The molecule has 3 rings (SSSR count). The van der Waals surface area contributed by atoms with Gasteiger partial charge in [0.15, 0.2) is 0 Å². The van der Waals surface area contributed by atoms with Crippen molar-refractivity contribution < 1.29 is 18.0 Å². The number of hydrogen-bond donors (Lipinski definition) is 1. The summed E-state index contributed by atoms with van der Waals surface area (Å²) in [5, 5.41) is 2.45. The van der Waals surface area contributed by atoms with Crippen molar-refractivity contribution in [2.75, 3.05) is 16.8 Å². The van der Waals surface area contributed by atoms with E-state index in [0.29, 0.717) is 5.56 Å². The standard InChI is InChI=1S/C14H14F3NOS/c15-14(16,17)10-3-1-2-9-11(13(19)18-12(9)10)8-4-6-20-7-5-8/h1-3,8,11H,4-7H2,(H,18,19). The maximum atomic E-state index is 13.0. The van der Waals surface area contributed by atoms with Crippen molar-refractivity contribution in [3.63, 3.8) is 0 Å². The highest BCUT2D eigenvalue weighted by atomic mass is 32.2. The van der Waals surface area contributed by atoms with Crippen LogP contribution < -0.4 is 5.32 Å². The van der Waals surface area contributed by atoms with Gasteiger partial charge in [-0.25, -0.2) is 0 Å². The number of carbonyl (C=O) groups excluding carboxylic acids is 1. The zero-order valence-electron chi connectivity index (χ0n) is 10.7. The van der Waals surface area contributed by atoms with Gasteiger partial charge in [-0.1, -0.05) is 12.1 Å². The lowest BCUT2D eigenvalue weighted by atomic mass is 9.83. The summed E-state index contributed by atoms with van der Waals surface area (Å²) in [7, 11) is 0. The Bertz CT molecular complexity index is 538. The van der Waals surface area contributed by atoms with Gasteiger partial charge < -0.3 is 5.32 Å². The maximum absolute atomic E-state index is 13.0. The van der Waals surface area contributed by atoms with Gasteiger partial charge in [-0.05, 0) is 41.9 Å². The van der Waals surface area contributed by atoms with Gasteiger partial charge in [-0.3, -0.25) is 4.79 Å². The van der Waals surface area contributed by atoms with Crippen LogP contribution in [0.15, 0.2) is 18.2 Å².